The van der Waals surface area contributed by atoms with E-state index in [1.54, 1.807) is 18.2 Å². The number of carbonyl (C=O) groups excluding carboxylic acids is 1. The number of thioether (sulfide) groups is 1. The van der Waals surface area contributed by atoms with Crippen molar-refractivity contribution in [1.29, 1.82) is 0 Å². The summed E-state index contributed by atoms with van der Waals surface area (Å²) in [4.78, 5) is 25.6. The maximum absolute atomic E-state index is 11.8. The first-order valence-corrected chi connectivity index (χ1v) is 6.63. The van der Waals surface area contributed by atoms with Crippen molar-refractivity contribution in [3.8, 4) is 5.75 Å². The molecule has 0 unspecified atom stereocenters. The van der Waals surface area contributed by atoms with E-state index in [1.165, 1.54) is 7.11 Å². The maximum atomic E-state index is 11.8. The van der Waals surface area contributed by atoms with Gasteiger partial charge in [-0.05, 0) is 18.2 Å². The molecule has 0 radical (unpaired) electrons. The second-order valence-corrected chi connectivity index (χ2v) is 5.11. The SMILES string of the molecule is COC(=O)CSc1c(O)c2ccc(Cl)cc2[nH]c1=O. The standard InChI is InChI=1S/C12H10ClNO4S/c1-18-9(15)5-19-11-10(16)7-3-2-6(13)4-8(7)14-12(11)17/h2-4H,5H2,1H3,(H2,14,16,17). The average Bonchev–Trinajstić information content (AvgIpc) is 2.37. The summed E-state index contributed by atoms with van der Waals surface area (Å²) in [6.45, 7) is 0. The number of aromatic amines is 1. The molecule has 0 atom stereocenters. The van der Waals surface area contributed by atoms with Crippen LogP contribution in [0, 0.1) is 0 Å². The van der Waals surface area contributed by atoms with E-state index in [1.807, 2.05) is 0 Å². The first-order valence-electron chi connectivity index (χ1n) is 5.27. The number of aromatic hydroxyl groups is 1. The van der Waals surface area contributed by atoms with Gasteiger partial charge >= 0.3 is 5.97 Å². The van der Waals surface area contributed by atoms with Crippen LogP contribution in [0.2, 0.25) is 5.02 Å². The van der Waals surface area contributed by atoms with Gasteiger partial charge in [-0.2, -0.15) is 0 Å². The lowest BCUT2D eigenvalue weighted by Gasteiger charge is -2.06. The van der Waals surface area contributed by atoms with Gasteiger partial charge in [0, 0.05) is 10.4 Å². The molecule has 1 heterocycles. The summed E-state index contributed by atoms with van der Waals surface area (Å²) in [7, 11) is 1.26. The molecule has 0 saturated carbocycles. The highest BCUT2D eigenvalue weighted by Crippen LogP contribution is 2.32. The normalized spacial score (nSPS) is 10.6. The third kappa shape index (κ3) is 2.85. The summed E-state index contributed by atoms with van der Waals surface area (Å²) < 4.78 is 4.48. The van der Waals surface area contributed by atoms with Gasteiger partial charge in [-0.25, -0.2) is 0 Å². The van der Waals surface area contributed by atoms with Crippen LogP contribution in [0.4, 0.5) is 0 Å². The lowest BCUT2D eigenvalue weighted by Crippen LogP contribution is -2.11. The van der Waals surface area contributed by atoms with Gasteiger partial charge in [-0.3, -0.25) is 9.59 Å². The minimum Gasteiger partial charge on any atom is -0.506 e. The molecule has 2 N–H and O–H groups in total. The number of hydrogen-bond donors (Lipinski definition) is 2. The smallest absolute Gasteiger partial charge is 0.315 e. The second kappa shape index (κ2) is 5.54. The lowest BCUT2D eigenvalue weighted by atomic mass is 10.2. The van der Waals surface area contributed by atoms with Crippen LogP contribution in [0.1, 0.15) is 0 Å². The Balaban J connectivity index is 2.47. The number of carbonyl (C=O) groups is 1. The number of pyridine rings is 1. The van der Waals surface area contributed by atoms with E-state index in [0.717, 1.165) is 11.8 Å². The summed E-state index contributed by atoms with van der Waals surface area (Å²) in [5.74, 6) is -0.684. The van der Waals surface area contributed by atoms with Crippen molar-refractivity contribution in [3.05, 3.63) is 33.6 Å². The lowest BCUT2D eigenvalue weighted by molar-refractivity contribution is -0.137. The van der Waals surface area contributed by atoms with Gasteiger partial charge in [-0.1, -0.05) is 11.6 Å². The Morgan fingerprint density at radius 3 is 2.95 bits per heavy atom. The molecule has 0 bridgehead atoms. The molecule has 5 nitrogen and oxygen atoms in total. The van der Waals surface area contributed by atoms with Crippen LogP contribution in [0.25, 0.3) is 10.9 Å². The zero-order valence-electron chi connectivity index (χ0n) is 9.90. The molecule has 7 heteroatoms. The third-order valence-corrected chi connectivity index (χ3v) is 3.75. The Morgan fingerprint density at radius 1 is 1.53 bits per heavy atom. The Kier molecular flexibility index (Phi) is 4.01. The van der Waals surface area contributed by atoms with Crippen molar-refractivity contribution in [3.63, 3.8) is 0 Å². The van der Waals surface area contributed by atoms with Gasteiger partial charge in [0.05, 0.1) is 18.4 Å². The van der Waals surface area contributed by atoms with Crippen LogP contribution in [0.15, 0.2) is 27.9 Å². The molecule has 0 amide bonds. The van der Waals surface area contributed by atoms with Gasteiger partial charge in [0.15, 0.2) is 0 Å². The minimum absolute atomic E-state index is 0.0494. The molecule has 0 spiro atoms. The number of H-pyrrole nitrogens is 1. The van der Waals surface area contributed by atoms with E-state index >= 15 is 0 Å². The van der Waals surface area contributed by atoms with E-state index in [4.69, 9.17) is 11.6 Å². The van der Waals surface area contributed by atoms with Crippen molar-refractivity contribution in [2.45, 2.75) is 4.90 Å². The Morgan fingerprint density at radius 2 is 2.26 bits per heavy atom. The molecule has 0 aliphatic rings. The highest BCUT2D eigenvalue weighted by atomic mass is 35.5. The molecule has 19 heavy (non-hydrogen) atoms. The summed E-state index contributed by atoms with van der Waals surface area (Å²) in [6, 6.07) is 4.76. The van der Waals surface area contributed by atoms with Crippen molar-refractivity contribution in [1.82, 2.24) is 4.98 Å². The van der Waals surface area contributed by atoms with Gasteiger partial charge < -0.3 is 14.8 Å². The summed E-state index contributed by atoms with van der Waals surface area (Å²) in [6.07, 6.45) is 0. The molecule has 2 rings (SSSR count). The van der Waals surface area contributed by atoms with Crippen LogP contribution in [-0.4, -0.2) is 28.9 Å². The van der Waals surface area contributed by atoms with Gasteiger partial charge in [0.2, 0.25) is 0 Å². The second-order valence-electron chi connectivity index (χ2n) is 3.69. The highest BCUT2D eigenvalue weighted by Gasteiger charge is 2.14. The molecule has 0 saturated heterocycles. The number of methoxy groups -OCH3 is 1. The molecule has 100 valence electrons. The van der Waals surface area contributed by atoms with Crippen molar-refractivity contribution < 1.29 is 14.6 Å². The number of aromatic nitrogens is 1. The van der Waals surface area contributed by atoms with Crippen LogP contribution < -0.4 is 5.56 Å². The zero-order valence-corrected chi connectivity index (χ0v) is 11.5. The number of fused-ring (bicyclic) bond motifs is 1. The summed E-state index contributed by atoms with van der Waals surface area (Å²) in [5, 5.41) is 11.0. The Labute approximate surface area is 117 Å². The summed E-state index contributed by atoms with van der Waals surface area (Å²) >= 11 is 6.74. The van der Waals surface area contributed by atoms with Crippen LogP contribution >= 0.6 is 23.4 Å². The minimum atomic E-state index is -0.472. The average molecular weight is 300 g/mol. The molecular weight excluding hydrogens is 290 g/mol. The van der Waals surface area contributed by atoms with E-state index in [-0.39, 0.29) is 16.4 Å². The van der Waals surface area contributed by atoms with Gasteiger partial charge in [-0.15, -0.1) is 11.8 Å². The first kappa shape index (κ1) is 13.8. The van der Waals surface area contributed by atoms with Crippen LogP contribution in [-0.2, 0) is 9.53 Å². The molecule has 0 aliphatic heterocycles. The van der Waals surface area contributed by atoms with E-state index < -0.39 is 11.5 Å². The molecule has 0 fully saturated rings. The number of ether oxygens (including phenoxy) is 1. The molecule has 0 aliphatic carbocycles. The number of hydrogen-bond acceptors (Lipinski definition) is 5. The Bertz CT molecular complexity index is 698. The third-order valence-electron chi connectivity index (χ3n) is 2.47. The Hall–Kier alpha value is -1.66. The maximum Gasteiger partial charge on any atom is 0.315 e. The predicted molar refractivity (Wildman–Crippen MR) is 74.0 cm³/mol. The molecule has 2 aromatic rings. The van der Waals surface area contributed by atoms with Gasteiger partial charge in [0.1, 0.15) is 10.6 Å². The van der Waals surface area contributed by atoms with E-state index in [0.29, 0.717) is 15.9 Å². The fraction of sp³-hybridized carbons (Fsp3) is 0.167. The summed E-state index contributed by atoms with van der Waals surface area (Å²) in [5.41, 5.74) is -0.0291. The van der Waals surface area contributed by atoms with Crippen molar-refractivity contribution >= 4 is 40.2 Å². The zero-order chi connectivity index (χ0) is 14.0. The van der Waals surface area contributed by atoms with Crippen molar-refractivity contribution in [2.75, 3.05) is 12.9 Å². The number of halogens is 1. The quantitative estimate of drug-likeness (QED) is 0.670. The number of esters is 1. The largest absolute Gasteiger partial charge is 0.506 e. The topological polar surface area (TPSA) is 79.4 Å². The number of nitrogens with one attached hydrogen (secondary N) is 1. The van der Waals surface area contributed by atoms with Crippen LogP contribution in [0.3, 0.4) is 0 Å². The van der Waals surface area contributed by atoms with E-state index in [2.05, 4.69) is 9.72 Å². The highest BCUT2D eigenvalue weighted by molar-refractivity contribution is 8.00. The van der Waals surface area contributed by atoms with Crippen molar-refractivity contribution in [2.24, 2.45) is 0 Å². The van der Waals surface area contributed by atoms with Crippen LogP contribution in [0.5, 0.6) is 5.75 Å². The van der Waals surface area contributed by atoms with E-state index in [9.17, 15) is 14.7 Å². The molecule has 1 aromatic heterocycles. The van der Waals surface area contributed by atoms with Gasteiger partial charge in [0.25, 0.3) is 5.56 Å². The number of benzene rings is 1. The monoisotopic (exact) mass is 299 g/mol. The number of rotatable bonds is 3. The first-order chi connectivity index (χ1) is 9.02. The molecule has 1 aromatic carbocycles. The fourth-order valence-corrected chi connectivity index (χ4v) is 2.54. The predicted octanol–water partition coefficient (Wildman–Crippen LogP) is 2.15. The fourth-order valence-electron chi connectivity index (χ4n) is 1.56. The molecular formula is C12H10ClNO4S.